The minimum absolute atomic E-state index is 0.173. The first-order valence-corrected chi connectivity index (χ1v) is 6.84. The molecule has 0 fully saturated rings. The molecular formula is C16H16N4O3. The zero-order chi connectivity index (χ0) is 16.5. The average molecular weight is 312 g/mol. The minimum Gasteiger partial charge on any atom is -0.497 e. The Hall–Kier alpha value is -3.22. The van der Waals surface area contributed by atoms with E-state index in [-0.39, 0.29) is 6.54 Å². The summed E-state index contributed by atoms with van der Waals surface area (Å²) in [6, 6.07) is 12.4. The van der Waals surface area contributed by atoms with Crippen LogP contribution in [-0.2, 0) is 16.1 Å². The fourth-order valence-corrected chi connectivity index (χ4v) is 1.69. The number of ether oxygens (including phenoxy) is 1. The molecule has 118 valence electrons. The lowest BCUT2D eigenvalue weighted by Crippen LogP contribution is -2.37. The van der Waals surface area contributed by atoms with E-state index in [1.807, 2.05) is 0 Å². The van der Waals surface area contributed by atoms with Gasteiger partial charge in [0.05, 0.1) is 25.6 Å². The molecular weight excluding hydrogens is 296 g/mol. The summed E-state index contributed by atoms with van der Waals surface area (Å²) >= 11 is 0. The molecule has 0 spiro atoms. The third kappa shape index (κ3) is 5.24. The molecule has 0 atom stereocenters. The Bertz CT molecular complexity index is 701. The number of hydrogen-bond acceptors (Lipinski definition) is 5. The van der Waals surface area contributed by atoms with Gasteiger partial charge in [-0.15, -0.1) is 0 Å². The molecule has 0 aliphatic rings. The molecule has 0 bridgehead atoms. The molecule has 0 saturated carbocycles. The molecule has 0 aliphatic heterocycles. The lowest BCUT2D eigenvalue weighted by Gasteiger charge is -2.03. The van der Waals surface area contributed by atoms with Crippen molar-refractivity contribution in [1.29, 1.82) is 0 Å². The van der Waals surface area contributed by atoms with Gasteiger partial charge >= 0.3 is 11.8 Å². The number of aromatic nitrogens is 1. The van der Waals surface area contributed by atoms with Crippen molar-refractivity contribution in [2.45, 2.75) is 6.54 Å². The first-order valence-electron chi connectivity index (χ1n) is 6.84. The number of carbonyl (C=O) groups is 2. The van der Waals surface area contributed by atoms with Crippen LogP contribution in [0.4, 0.5) is 0 Å². The Morgan fingerprint density at radius 2 is 2.09 bits per heavy atom. The molecule has 23 heavy (non-hydrogen) atoms. The minimum atomic E-state index is -0.847. The van der Waals surface area contributed by atoms with Gasteiger partial charge < -0.3 is 10.1 Å². The maximum atomic E-state index is 11.6. The molecule has 0 saturated heterocycles. The Labute approximate surface area is 133 Å². The second-order valence-electron chi connectivity index (χ2n) is 4.48. The van der Waals surface area contributed by atoms with E-state index >= 15 is 0 Å². The normalized spacial score (nSPS) is 10.3. The van der Waals surface area contributed by atoms with Gasteiger partial charge in [-0.1, -0.05) is 18.2 Å². The van der Waals surface area contributed by atoms with Gasteiger partial charge in [0, 0.05) is 6.20 Å². The van der Waals surface area contributed by atoms with Crippen LogP contribution in [0.15, 0.2) is 53.8 Å². The third-order valence-electron chi connectivity index (χ3n) is 2.84. The molecule has 2 aromatic rings. The van der Waals surface area contributed by atoms with Crippen molar-refractivity contribution in [2.24, 2.45) is 5.10 Å². The predicted octanol–water partition coefficient (Wildman–Crippen LogP) is 0.857. The van der Waals surface area contributed by atoms with Crippen molar-refractivity contribution >= 4 is 18.0 Å². The molecule has 7 nitrogen and oxygen atoms in total. The molecule has 1 heterocycles. The molecule has 7 heteroatoms. The Morgan fingerprint density at radius 1 is 1.22 bits per heavy atom. The maximum Gasteiger partial charge on any atom is 0.329 e. The van der Waals surface area contributed by atoms with E-state index < -0.39 is 11.8 Å². The van der Waals surface area contributed by atoms with E-state index in [4.69, 9.17) is 4.74 Å². The number of nitrogens with one attached hydrogen (secondary N) is 2. The monoisotopic (exact) mass is 312 g/mol. The number of hydrazone groups is 1. The van der Waals surface area contributed by atoms with Gasteiger partial charge in [0.1, 0.15) is 5.75 Å². The second-order valence-corrected chi connectivity index (χ2v) is 4.48. The molecule has 0 aliphatic carbocycles. The van der Waals surface area contributed by atoms with Crippen LogP contribution in [0.3, 0.4) is 0 Å². The highest BCUT2D eigenvalue weighted by molar-refractivity contribution is 6.35. The van der Waals surface area contributed by atoms with E-state index in [9.17, 15) is 9.59 Å². The number of hydrogen-bond donors (Lipinski definition) is 2. The summed E-state index contributed by atoms with van der Waals surface area (Å²) in [5.41, 5.74) is 3.56. The van der Waals surface area contributed by atoms with Crippen LogP contribution in [0.1, 0.15) is 11.3 Å². The Balaban J connectivity index is 1.81. The number of methoxy groups -OCH3 is 1. The summed E-state index contributed by atoms with van der Waals surface area (Å²) < 4.78 is 5.08. The van der Waals surface area contributed by atoms with E-state index in [0.717, 1.165) is 5.56 Å². The first-order chi connectivity index (χ1) is 11.2. The van der Waals surface area contributed by atoms with E-state index in [1.54, 1.807) is 55.8 Å². The van der Waals surface area contributed by atoms with Crippen LogP contribution < -0.4 is 15.5 Å². The molecule has 2 rings (SSSR count). The van der Waals surface area contributed by atoms with Crippen LogP contribution in [0.25, 0.3) is 0 Å². The first kappa shape index (κ1) is 16.2. The van der Waals surface area contributed by atoms with Crippen molar-refractivity contribution in [2.75, 3.05) is 7.11 Å². The zero-order valence-electron chi connectivity index (χ0n) is 12.5. The zero-order valence-corrected chi connectivity index (χ0v) is 12.5. The summed E-state index contributed by atoms with van der Waals surface area (Å²) in [6.07, 6.45) is 3.03. The topological polar surface area (TPSA) is 92.7 Å². The average Bonchev–Trinajstić information content (AvgIpc) is 2.60. The predicted molar refractivity (Wildman–Crippen MR) is 84.8 cm³/mol. The molecule has 0 unspecified atom stereocenters. The lowest BCUT2D eigenvalue weighted by molar-refractivity contribution is -0.139. The highest BCUT2D eigenvalue weighted by atomic mass is 16.5. The van der Waals surface area contributed by atoms with Crippen molar-refractivity contribution in [1.82, 2.24) is 15.7 Å². The highest BCUT2D eigenvalue weighted by Gasteiger charge is 2.11. The van der Waals surface area contributed by atoms with Crippen LogP contribution in [-0.4, -0.2) is 30.1 Å². The van der Waals surface area contributed by atoms with E-state index in [1.165, 1.54) is 6.21 Å². The van der Waals surface area contributed by atoms with Crippen LogP contribution in [0.2, 0.25) is 0 Å². The smallest absolute Gasteiger partial charge is 0.329 e. The number of carbonyl (C=O) groups excluding carboxylic acids is 2. The van der Waals surface area contributed by atoms with Crippen LogP contribution >= 0.6 is 0 Å². The quantitative estimate of drug-likeness (QED) is 0.486. The number of pyridine rings is 1. The van der Waals surface area contributed by atoms with Gasteiger partial charge in [-0.2, -0.15) is 5.10 Å². The van der Waals surface area contributed by atoms with Crippen molar-refractivity contribution < 1.29 is 14.3 Å². The molecule has 1 aromatic heterocycles. The standard InChI is InChI=1S/C16H16N4O3/c1-23-14-7-4-5-12(9-14)10-19-20-16(22)15(21)18-11-13-6-2-3-8-17-13/h2-10H,11H2,1H3,(H,18,21)(H,20,22)/b19-10+. The molecule has 0 radical (unpaired) electrons. The van der Waals surface area contributed by atoms with Crippen molar-refractivity contribution in [3.8, 4) is 5.75 Å². The lowest BCUT2D eigenvalue weighted by atomic mass is 10.2. The summed E-state index contributed by atoms with van der Waals surface area (Å²) in [4.78, 5) is 27.3. The van der Waals surface area contributed by atoms with Crippen molar-refractivity contribution in [3.05, 3.63) is 59.9 Å². The van der Waals surface area contributed by atoms with Gasteiger partial charge in [-0.3, -0.25) is 14.6 Å². The van der Waals surface area contributed by atoms with Gasteiger partial charge in [-0.05, 0) is 29.8 Å². The second kappa shape index (κ2) is 8.28. The Kier molecular flexibility index (Phi) is 5.81. The van der Waals surface area contributed by atoms with E-state index in [0.29, 0.717) is 11.4 Å². The fraction of sp³-hybridized carbons (Fsp3) is 0.125. The number of nitrogens with zero attached hydrogens (tertiary/aromatic N) is 2. The number of rotatable bonds is 5. The van der Waals surface area contributed by atoms with Crippen molar-refractivity contribution in [3.63, 3.8) is 0 Å². The molecule has 1 aromatic carbocycles. The van der Waals surface area contributed by atoms with Gasteiger partial charge in [0.2, 0.25) is 0 Å². The Morgan fingerprint density at radius 3 is 2.83 bits per heavy atom. The summed E-state index contributed by atoms with van der Waals surface area (Å²) in [5, 5.41) is 6.19. The van der Waals surface area contributed by atoms with Gasteiger partial charge in [0.25, 0.3) is 0 Å². The SMILES string of the molecule is COc1cccc(/C=N/NC(=O)C(=O)NCc2ccccn2)c1. The largest absolute Gasteiger partial charge is 0.497 e. The molecule has 2 amide bonds. The van der Waals surface area contributed by atoms with Gasteiger partial charge in [0.15, 0.2) is 0 Å². The summed E-state index contributed by atoms with van der Waals surface area (Å²) in [6.45, 7) is 0.173. The van der Waals surface area contributed by atoms with E-state index in [2.05, 4.69) is 20.8 Å². The summed E-state index contributed by atoms with van der Waals surface area (Å²) in [7, 11) is 1.56. The fourth-order valence-electron chi connectivity index (χ4n) is 1.69. The number of amides is 2. The highest BCUT2D eigenvalue weighted by Crippen LogP contribution is 2.10. The maximum absolute atomic E-state index is 11.6. The van der Waals surface area contributed by atoms with Crippen LogP contribution in [0, 0.1) is 0 Å². The van der Waals surface area contributed by atoms with Crippen LogP contribution in [0.5, 0.6) is 5.75 Å². The third-order valence-corrected chi connectivity index (χ3v) is 2.84. The number of benzene rings is 1. The molecule has 2 N–H and O–H groups in total. The van der Waals surface area contributed by atoms with Gasteiger partial charge in [-0.25, -0.2) is 5.43 Å². The summed E-state index contributed by atoms with van der Waals surface area (Å²) in [5.74, 6) is -0.952.